The molecular formula is C15H11NO2. The minimum absolute atomic E-state index is 0.0970. The number of nitrogens with zero attached hydrogens (tertiary/aromatic N) is 1. The zero-order valence-electron chi connectivity index (χ0n) is 9.58. The Morgan fingerprint density at radius 3 is 2.22 bits per heavy atom. The van der Waals surface area contributed by atoms with Crippen molar-refractivity contribution in [3.63, 3.8) is 0 Å². The van der Waals surface area contributed by atoms with Crippen molar-refractivity contribution in [1.29, 1.82) is 5.26 Å². The summed E-state index contributed by atoms with van der Waals surface area (Å²) in [6, 6.07) is 16.9. The van der Waals surface area contributed by atoms with Crippen molar-refractivity contribution in [1.82, 2.24) is 0 Å². The van der Waals surface area contributed by atoms with E-state index in [0.29, 0.717) is 11.1 Å². The lowest BCUT2D eigenvalue weighted by Crippen LogP contribution is -2.10. The molecule has 88 valence electrons. The predicted molar refractivity (Wildman–Crippen MR) is 67.2 cm³/mol. The summed E-state index contributed by atoms with van der Waals surface area (Å²) in [5.74, 6) is -0.973. The van der Waals surface area contributed by atoms with Crippen LogP contribution in [0, 0.1) is 11.3 Å². The standard InChI is InChI=1S/C15H11NO2/c16-10-14(11-4-2-1-3-5-11)15(18)12-6-8-13(17)9-7-12/h1-9,14,17H. The fourth-order valence-electron chi connectivity index (χ4n) is 1.72. The molecule has 0 amide bonds. The first kappa shape index (κ1) is 11.9. The maximum absolute atomic E-state index is 12.2. The van der Waals surface area contributed by atoms with Gasteiger partial charge < -0.3 is 5.11 Å². The van der Waals surface area contributed by atoms with E-state index in [9.17, 15) is 9.90 Å². The van der Waals surface area contributed by atoms with Crippen molar-refractivity contribution in [3.05, 3.63) is 65.7 Å². The van der Waals surface area contributed by atoms with Crippen LogP contribution in [-0.4, -0.2) is 10.9 Å². The number of aromatic hydroxyl groups is 1. The minimum atomic E-state index is -0.809. The van der Waals surface area contributed by atoms with E-state index in [1.54, 1.807) is 24.3 Å². The van der Waals surface area contributed by atoms with Crippen molar-refractivity contribution in [2.45, 2.75) is 5.92 Å². The normalized spacial score (nSPS) is 11.5. The molecule has 0 aliphatic heterocycles. The fraction of sp³-hybridized carbons (Fsp3) is 0.0667. The molecule has 0 aromatic heterocycles. The van der Waals surface area contributed by atoms with Gasteiger partial charge >= 0.3 is 0 Å². The van der Waals surface area contributed by atoms with Gasteiger partial charge in [-0.25, -0.2) is 0 Å². The first-order chi connectivity index (χ1) is 8.72. The Bertz CT molecular complexity index is 582. The van der Waals surface area contributed by atoms with Crippen LogP contribution in [0.5, 0.6) is 5.75 Å². The topological polar surface area (TPSA) is 61.1 Å². The molecule has 0 aliphatic rings. The molecule has 0 fully saturated rings. The number of phenolic OH excluding ortho intramolecular Hbond substituents is 1. The van der Waals surface area contributed by atoms with Crippen LogP contribution in [0.15, 0.2) is 54.6 Å². The lowest BCUT2D eigenvalue weighted by molar-refractivity contribution is 0.0979. The van der Waals surface area contributed by atoms with E-state index in [1.165, 1.54) is 24.3 Å². The first-order valence-corrected chi connectivity index (χ1v) is 5.50. The summed E-state index contributed by atoms with van der Waals surface area (Å²) in [4.78, 5) is 12.2. The summed E-state index contributed by atoms with van der Waals surface area (Å²) >= 11 is 0. The fourth-order valence-corrected chi connectivity index (χ4v) is 1.72. The van der Waals surface area contributed by atoms with Gasteiger partial charge in [0.1, 0.15) is 11.7 Å². The van der Waals surface area contributed by atoms with Crippen LogP contribution < -0.4 is 0 Å². The van der Waals surface area contributed by atoms with Crippen molar-refractivity contribution in [3.8, 4) is 11.8 Å². The van der Waals surface area contributed by atoms with Crippen LogP contribution >= 0.6 is 0 Å². The Kier molecular flexibility index (Phi) is 3.40. The van der Waals surface area contributed by atoms with Crippen LogP contribution in [0.3, 0.4) is 0 Å². The van der Waals surface area contributed by atoms with E-state index in [4.69, 9.17) is 5.26 Å². The number of phenols is 1. The van der Waals surface area contributed by atoms with Gasteiger partial charge in [-0.05, 0) is 29.8 Å². The van der Waals surface area contributed by atoms with Gasteiger partial charge in [0, 0.05) is 5.56 Å². The third-order valence-electron chi connectivity index (χ3n) is 2.68. The van der Waals surface area contributed by atoms with E-state index in [2.05, 4.69) is 0 Å². The Morgan fingerprint density at radius 2 is 1.67 bits per heavy atom. The third-order valence-corrected chi connectivity index (χ3v) is 2.68. The molecule has 2 aromatic carbocycles. The van der Waals surface area contributed by atoms with E-state index in [0.717, 1.165) is 0 Å². The second-order valence-electron chi connectivity index (χ2n) is 3.88. The molecule has 2 aromatic rings. The molecule has 0 saturated carbocycles. The van der Waals surface area contributed by atoms with E-state index >= 15 is 0 Å². The summed E-state index contributed by atoms with van der Waals surface area (Å²) in [6.07, 6.45) is 0. The summed E-state index contributed by atoms with van der Waals surface area (Å²) in [5.41, 5.74) is 1.10. The van der Waals surface area contributed by atoms with Gasteiger partial charge in [-0.1, -0.05) is 30.3 Å². The maximum Gasteiger partial charge on any atom is 0.184 e. The van der Waals surface area contributed by atoms with Crippen molar-refractivity contribution in [2.24, 2.45) is 0 Å². The number of carbonyl (C=O) groups is 1. The smallest absolute Gasteiger partial charge is 0.184 e. The Balaban J connectivity index is 2.32. The van der Waals surface area contributed by atoms with Crippen molar-refractivity contribution >= 4 is 5.78 Å². The lowest BCUT2D eigenvalue weighted by atomic mass is 9.92. The molecule has 18 heavy (non-hydrogen) atoms. The molecule has 3 nitrogen and oxygen atoms in total. The molecular weight excluding hydrogens is 226 g/mol. The lowest BCUT2D eigenvalue weighted by Gasteiger charge is -2.08. The number of hydrogen-bond donors (Lipinski definition) is 1. The molecule has 1 unspecified atom stereocenters. The number of Topliss-reactive ketones (excluding diaryl/α,β-unsaturated/α-hetero) is 1. The van der Waals surface area contributed by atoms with Crippen LogP contribution in [-0.2, 0) is 0 Å². The maximum atomic E-state index is 12.2. The van der Waals surface area contributed by atoms with Gasteiger partial charge in [0.15, 0.2) is 5.78 Å². The highest BCUT2D eigenvalue weighted by atomic mass is 16.3. The molecule has 3 heteroatoms. The van der Waals surface area contributed by atoms with Crippen LogP contribution in [0.4, 0.5) is 0 Å². The zero-order valence-corrected chi connectivity index (χ0v) is 9.58. The summed E-state index contributed by atoms with van der Waals surface area (Å²) < 4.78 is 0. The Labute approximate surface area is 105 Å². The largest absolute Gasteiger partial charge is 0.508 e. The number of rotatable bonds is 3. The quantitative estimate of drug-likeness (QED) is 0.835. The second-order valence-corrected chi connectivity index (χ2v) is 3.88. The van der Waals surface area contributed by atoms with Gasteiger partial charge in [0.05, 0.1) is 6.07 Å². The Hall–Kier alpha value is -2.60. The van der Waals surface area contributed by atoms with Crippen LogP contribution in [0.1, 0.15) is 21.8 Å². The summed E-state index contributed by atoms with van der Waals surface area (Å²) in [5, 5.41) is 18.3. The van der Waals surface area contributed by atoms with E-state index in [1.807, 2.05) is 12.1 Å². The molecule has 0 bridgehead atoms. The van der Waals surface area contributed by atoms with Gasteiger partial charge in [-0.15, -0.1) is 0 Å². The molecule has 1 atom stereocenters. The molecule has 0 radical (unpaired) electrons. The third kappa shape index (κ3) is 2.38. The number of ketones is 1. The van der Waals surface area contributed by atoms with Gasteiger partial charge in [0.2, 0.25) is 0 Å². The van der Waals surface area contributed by atoms with Gasteiger partial charge in [-0.2, -0.15) is 5.26 Å². The first-order valence-electron chi connectivity index (χ1n) is 5.50. The molecule has 1 N–H and O–H groups in total. The highest BCUT2D eigenvalue weighted by molar-refractivity contribution is 6.02. The minimum Gasteiger partial charge on any atom is -0.508 e. The average Bonchev–Trinajstić information content (AvgIpc) is 2.41. The highest BCUT2D eigenvalue weighted by Crippen LogP contribution is 2.21. The van der Waals surface area contributed by atoms with Crippen molar-refractivity contribution < 1.29 is 9.90 Å². The molecule has 0 spiro atoms. The monoisotopic (exact) mass is 237 g/mol. The van der Waals surface area contributed by atoms with Crippen LogP contribution in [0.25, 0.3) is 0 Å². The summed E-state index contributed by atoms with van der Waals surface area (Å²) in [7, 11) is 0. The molecule has 0 saturated heterocycles. The number of nitriles is 1. The summed E-state index contributed by atoms with van der Waals surface area (Å²) in [6.45, 7) is 0. The van der Waals surface area contributed by atoms with E-state index in [-0.39, 0.29) is 11.5 Å². The predicted octanol–water partition coefficient (Wildman–Crippen LogP) is 2.88. The zero-order chi connectivity index (χ0) is 13.0. The van der Waals surface area contributed by atoms with Crippen LogP contribution in [0.2, 0.25) is 0 Å². The number of hydrogen-bond acceptors (Lipinski definition) is 3. The molecule has 0 aliphatic carbocycles. The van der Waals surface area contributed by atoms with Gasteiger partial charge in [-0.3, -0.25) is 4.79 Å². The number of benzene rings is 2. The average molecular weight is 237 g/mol. The number of carbonyl (C=O) groups excluding carboxylic acids is 1. The Morgan fingerprint density at radius 1 is 1.06 bits per heavy atom. The molecule has 0 heterocycles. The second kappa shape index (κ2) is 5.15. The highest BCUT2D eigenvalue weighted by Gasteiger charge is 2.21. The SMILES string of the molecule is N#CC(C(=O)c1ccc(O)cc1)c1ccccc1. The van der Waals surface area contributed by atoms with Gasteiger partial charge in [0.25, 0.3) is 0 Å². The molecule has 2 rings (SSSR count). The van der Waals surface area contributed by atoms with E-state index < -0.39 is 5.92 Å². The van der Waals surface area contributed by atoms with Crippen molar-refractivity contribution in [2.75, 3.05) is 0 Å².